The highest BCUT2D eigenvalue weighted by Crippen LogP contribution is 2.24. The number of ether oxygens (including phenoxy) is 2. The molecule has 142 valence electrons. The molecular weight excluding hydrogens is 362 g/mol. The van der Waals surface area contributed by atoms with Crippen molar-refractivity contribution in [1.29, 1.82) is 5.26 Å². The van der Waals surface area contributed by atoms with E-state index in [0.717, 1.165) is 57.4 Å². The van der Waals surface area contributed by atoms with Gasteiger partial charge in [0.15, 0.2) is 5.13 Å². The monoisotopic (exact) mass is 385 g/mol. The van der Waals surface area contributed by atoms with Crippen LogP contribution in [0, 0.1) is 24.2 Å². The molecule has 4 heterocycles. The van der Waals surface area contributed by atoms with Gasteiger partial charge in [-0.25, -0.2) is 9.97 Å². The van der Waals surface area contributed by atoms with Crippen molar-refractivity contribution in [2.45, 2.75) is 19.4 Å². The molecule has 2 aliphatic heterocycles. The first-order chi connectivity index (χ1) is 13.2. The zero-order valence-electron chi connectivity index (χ0n) is 15.4. The molecule has 0 aromatic carbocycles. The second-order valence-corrected chi connectivity index (χ2v) is 8.07. The van der Waals surface area contributed by atoms with Crippen molar-refractivity contribution in [2.75, 3.05) is 44.8 Å². The Morgan fingerprint density at radius 1 is 1.33 bits per heavy atom. The quantitative estimate of drug-likeness (QED) is 0.846. The highest BCUT2D eigenvalue weighted by Gasteiger charge is 2.29. The molecule has 0 saturated carbocycles. The van der Waals surface area contributed by atoms with Crippen molar-refractivity contribution in [1.82, 2.24) is 14.9 Å². The summed E-state index contributed by atoms with van der Waals surface area (Å²) in [6.07, 6.45) is 2.53. The van der Waals surface area contributed by atoms with Gasteiger partial charge in [0.05, 0.1) is 38.7 Å². The molecule has 2 aromatic rings. The molecule has 0 unspecified atom stereocenters. The zero-order valence-corrected chi connectivity index (χ0v) is 16.2. The summed E-state index contributed by atoms with van der Waals surface area (Å²) in [6, 6.07) is 6.76. The van der Waals surface area contributed by atoms with Crippen LogP contribution in [0.1, 0.15) is 16.1 Å². The van der Waals surface area contributed by atoms with Crippen molar-refractivity contribution in [3.8, 4) is 6.07 Å². The summed E-state index contributed by atoms with van der Waals surface area (Å²) >= 11 is 1.32. The van der Waals surface area contributed by atoms with Crippen LogP contribution in [0.25, 0.3) is 0 Å². The number of hydrogen-bond acceptors (Lipinski definition) is 8. The van der Waals surface area contributed by atoms with Crippen molar-refractivity contribution in [3.63, 3.8) is 0 Å². The van der Waals surface area contributed by atoms with Gasteiger partial charge in [-0.2, -0.15) is 5.26 Å². The lowest BCUT2D eigenvalue weighted by Gasteiger charge is -2.37. The zero-order chi connectivity index (χ0) is 18.6. The molecule has 2 fully saturated rings. The number of aryl methyl sites for hydroxylation is 1. The number of pyridine rings is 1. The minimum atomic E-state index is 0.463. The summed E-state index contributed by atoms with van der Waals surface area (Å²) in [5.41, 5.74) is 2.26. The number of anilines is 2. The van der Waals surface area contributed by atoms with Crippen LogP contribution in [-0.2, 0) is 15.9 Å². The lowest BCUT2D eigenvalue weighted by Crippen LogP contribution is -2.51. The highest BCUT2D eigenvalue weighted by molar-refractivity contribution is 7.16. The molecule has 4 rings (SSSR count). The van der Waals surface area contributed by atoms with E-state index in [4.69, 9.17) is 14.7 Å². The van der Waals surface area contributed by atoms with E-state index in [1.54, 1.807) is 6.20 Å². The fourth-order valence-corrected chi connectivity index (χ4v) is 4.10. The summed E-state index contributed by atoms with van der Waals surface area (Å²) in [5, 5.41) is 12.8. The third kappa shape index (κ3) is 4.45. The fourth-order valence-electron chi connectivity index (χ4n) is 3.48. The van der Waals surface area contributed by atoms with Gasteiger partial charge in [0, 0.05) is 18.8 Å². The molecule has 7 nitrogen and oxygen atoms in total. The summed E-state index contributed by atoms with van der Waals surface area (Å²) in [7, 11) is 0. The maximum atomic E-state index is 8.90. The molecule has 0 amide bonds. The molecule has 0 spiro atoms. The van der Waals surface area contributed by atoms with E-state index in [9.17, 15) is 0 Å². The van der Waals surface area contributed by atoms with E-state index >= 15 is 0 Å². The average molecular weight is 385 g/mol. The van der Waals surface area contributed by atoms with Gasteiger partial charge in [0.2, 0.25) is 0 Å². The summed E-state index contributed by atoms with van der Waals surface area (Å²) in [6.45, 7) is 7.35. The molecule has 2 saturated heterocycles. The predicted molar refractivity (Wildman–Crippen MR) is 103 cm³/mol. The second kappa shape index (κ2) is 8.31. The minimum Gasteiger partial charge on any atom is -0.380 e. The number of nitrogens with zero attached hydrogens (tertiary/aromatic N) is 4. The van der Waals surface area contributed by atoms with Crippen molar-refractivity contribution in [3.05, 3.63) is 34.5 Å². The van der Waals surface area contributed by atoms with Gasteiger partial charge in [-0.15, -0.1) is 0 Å². The molecule has 1 N–H and O–H groups in total. The SMILES string of the molecule is Cc1nc(Nc2ncc(C#N)s2)ccc1C[C@@H]1COCCN(C2COC2)C1. The molecule has 2 aliphatic rings. The maximum Gasteiger partial charge on any atom is 0.189 e. The number of hydrogen-bond donors (Lipinski definition) is 1. The van der Waals surface area contributed by atoms with Crippen molar-refractivity contribution < 1.29 is 9.47 Å². The van der Waals surface area contributed by atoms with Gasteiger partial charge in [0.1, 0.15) is 16.8 Å². The first-order valence-corrected chi connectivity index (χ1v) is 10.0. The van der Waals surface area contributed by atoms with Crippen molar-refractivity contribution >= 4 is 22.3 Å². The first kappa shape index (κ1) is 18.3. The van der Waals surface area contributed by atoms with Crippen LogP contribution in [0.2, 0.25) is 0 Å². The molecule has 1 atom stereocenters. The van der Waals surface area contributed by atoms with Gasteiger partial charge >= 0.3 is 0 Å². The van der Waals surface area contributed by atoms with E-state index in [1.807, 2.05) is 13.0 Å². The van der Waals surface area contributed by atoms with E-state index < -0.39 is 0 Å². The predicted octanol–water partition coefficient (Wildman–Crippen LogP) is 2.35. The Morgan fingerprint density at radius 3 is 2.93 bits per heavy atom. The van der Waals surface area contributed by atoms with Crippen molar-refractivity contribution in [2.24, 2.45) is 5.92 Å². The van der Waals surface area contributed by atoms with E-state index in [0.29, 0.717) is 22.0 Å². The van der Waals surface area contributed by atoms with E-state index in [2.05, 4.69) is 32.3 Å². The Balaban J connectivity index is 1.40. The van der Waals surface area contributed by atoms with Crippen LogP contribution in [0.4, 0.5) is 10.9 Å². The largest absolute Gasteiger partial charge is 0.380 e. The topological polar surface area (TPSA) is 83.3 Å². The standard InChI is InChI=1S/C19H23N5O2S/c1-13-15(2-3-18(22-13)23-19-21-8-17(7-20)27-19)6-14-9-24(4-5-25-10-14)16-11-26-12-16/h2-3,8,14,16H,4-6,9-12H2,1H3,(H,21,22,23)/t14-/m0/s1. The highest BCUT2D eigenvalue weighted by atomic mass is 32.1. The first-order valence-electron chi connectivity index (χ1n) is 9.20. The molecular formula is C19H23N5O2S. The van der Waals surface area contributed by atoms with Gasteiger partial charge < -0.3 is 14.8 Å². The molecule has 2 aromatic heterocycles. The maximum absolute atomic E-state index is 8.90. The van der Waals surface area contributed by atoms with Crippen LogP contribution in [0.15, 0.2) is 18.3 Å². The van der Waals surface area contributed by atoms with Gasteiger partial charge in [-0.05, 0) is 30.9 Å². The summed E-state index contributed by atoms with van der Waals surface area (Å²) in [5.74, 6) is 1.21. The molecule has 8 heteroatoms. The molecule has 27 heavy (non-hydrogen) atoms. The Bertz CT molecular complexity index is 830. The van der Waals surface area contributed by atoms with Gasteiger partial charge in [-0.3, -0.25) is 4.90 Å². The van der Waals surface area contributed by atoms with Crippen LogP contribution >= 0.6 is 11.3 Å². The van der Waals surface area contributed by atoms with Crippen LogP contribution < -0.4 is 5.32 Å². The fraction of sp³-hybridized carbons (Fsp3) is 0.526. The number of rotatable bonds is 5. The average Bonchev–Trinajstić information content (AvgIpc) is 2.94. The lowest BCUT2D eigenvalue weighted by molar-refractivity contribution is -0.0667. The smallest absolute Gasteiger partial charge is 0.189 e. The number of thiazole rings is 1. The molecule has 0 aliphatic carbocycles. The Labute approximate surface area is 163 Å². The molecule has 0 bridgehead atoms. The number of aromatic nitrogens is 2. The Hall–Kier alpha value is -2.05. The normalized spacial score (nSPS) is 21.3. The van der Waals surface area contributed by atoms with Gasteiger partial charge in [-0.1, -0.05) is 17.4 Å². The van der Waals surface area contributed by atoms with Gasteiger partial charge in [0.25, 0.3) is 0 Å². The second-order valence-electron chi connectivity index (χ2n) is 7.04. The number of nitrogens with one attached hydrogen (secondary N) is 1. The summed E-state index contributed by atoms with van der Waals surface area (Å²) in [4.78, 5) is 12.0. The summed E-state index contributed by atoms with van der Waals surface area (Å²) < 4.78 is 11.2. The van der Waals surface area contributed by atoms with E-state index in [1.165, 1.54) is 16.9 Å². The third-order valence-corrected chi connectivity index (χ3v) is 5.88. The lowest BCUT2D eigenvalue weighted by atomic mass is 9.98. The minimum absolute atomic E-state index is 0.463. The Morgan fingerprint density at radius 2 is 2.22 bits per heavy atom. The van der Waals surface area contributed by atoms with E-state index in [-0.39, 0.29) is 0 Å². The van der Waals surface area contributed by atoms with Crippen LogP contribution in [0.3, 0.4) is 0 Å². The molecule has 0 radical (unpaired) electrons. The van der Waals surface area contributed by atoms with Crippen LogP contribution in [-0.4, -0.2) is 60.4 Å². The third-order valence-electron chi connectivity index (χ3n) is 5.06. The Kier molecular flexibility index (Phi) is 5.64. The number of nitriles is 1. The van der Waals surface area contributed by atoms with Crippen LogP contribution in [0.5, 0.6) is 0 Å².